The van der Waals surface area contributed by atoms with Crippen molar-refractivity contribution < 1.29 is 19.4 Å². The highest BCUT2D eigenvalue weighted by atomic mass is 16.5. The van der Waals surface area contributed by atoms with Gasteiger partial charge in [0.25, 0.3) is 5.91 Å². The number of benzene rings is 4. The maximum atomic E-state index is 12.7. The largest absolute Gasteiger partial charge is 0.489 e. The Hall–Kier alpha value is -4.12. The molecule has 1 atom stereocenters. The van der Waals surface area contributed by atoms with E-state index in [-0.39, 0.29) is 6.42 Å². The van der Waals surface area contributed by atoms with Crippen LogP contribution in [0.3, 0.4) is 0 Å². The van der Waals surface area contributed by atoms with E-state index in [0.717, 1.165) is 27.6 Å². The lowest BCUT2D eigenvalue weighted by Gasteiger charge is -2.15. The molecule has 0 saturated carbocycles. The van der Waals surface area contributed by atoms with Gasteiger partial charge in [-0.3, -0.25) is 4.79 Å². The molecule has 4 rings (SSSR count). The van der Waals surface area contributed by atoms with Crippen molar-refractivity contribution in [2.75, 3.05) is 0 Å². The highest BCUT2D eigenvalue weighted by Gasteiger charge is 2.21. The first-order chi connectivity index (χ1) is 15.6. The molecule has 0 unspecified atom stereocenters. The third-order valence-corrected chi connectivity index (χ3v) is 5.21. The number of nitrogens with one attached hydrogen (secondary N) is 1. The van der Waals surface area contributed by atoms with Crippen molar-refractivity contribution >= 4 is 22.6 Å². The molecular formula is C27H23NO4. The summed E-state index contributed by atoms with van der Waals surface area (Å²) < 4.78 is 5.87. The Morgan fingerprint density at radius 1 is 0.781 bits per heavy atom. The lowest BCUT2D eigenvalue weighted by atomic mass is 10.0. The van der Waals surface area contributed by atoms with Gasteiger partial charge in [0.2, 0.25) is 0 Å². The predicted molar refractivity (Wildman–Crippen MR) is 124 cm³/mol. The van der Waals surface area contributed by atoms with Crippen molar-refractivity contribution in [2.45, 2.75) is 19.1 Å². The second-order valence-electron chi connectivity index (χ2n) is 7.55. The Kier molecular flexibility index (Phi) is 6.46. The maximum absolute atomic E-state index is 12.7. The third-order valence-electron chi connectivity index (χ3n) is 5.21. The third kappa shape index (κ3) is 5.32. The van der Waals surface area contributed by atoms with Gasteiger partial charge in [0.1, 0.15) is 18.4 Å². The summed E-state index contributed by atoms with van der Waals surface area (Å²) in [6.45, 7) is 0.477. The van der Waals surface area contributed by atoms with Gasteiger partial charge in [0.15, 0.2) is 0 Å². The molecule has 0 saturated heterocycles. The van der Waals surface area contributed by atoms with Crippen LogP contribution in [0.4, 0.5) is 0 Å². The summed E-state index contributed by atoms with van der Waals surface area (Å²) in [5, 5.41) is 14.0. The van der Waals surface area contributed by atoms with E-state index in [1.165, 1.54) is 0 Å². The van der Waals surface area contributed by atoms with E-state index in [1.54, 1.807) is 12.1 Å². The van der Waals surface area contributed by atoms with Gasteiger partial charge in [-0.05, 0) is 46.2 Å². The molecule has 5 heteroatoms. The normalized spacial score (nSPS) is 11.6. The minimum atomic E-state index is -1.07. The van der Waals surface area contributed by atoms with Crippen LogP contribution in [0.25, 0.3) is 10.8 Å². The number of ether oxygens (including phenoxy) is 1. The Bertz CT molecular complexity index is 1220. The molecule has 0 fully saturated rings. The topological polar surface area (TPSA) is 75.6 Å². The molecular weight excluding hydrogens is 402 g/mol. The molecule has 4 aromatic carbocycles. The van der Waals surface area contributed by atoms with E-state index in [2.05, 4.69) is 5.32 Å². The van der Waals surface area contributed by atoms with Crippen molar-refractivity contribution in [3.05, 3.63) is 114 Å². The number of amides is 1. The van der Waals surface area contributed by atoms with Crippen LogP contribution in [0.1, 0.15) is 21.5 Å². The molecule has 5 nitrogen and oxygen atoms in total. The molecule has 0 aliphatic heterocycles. The van der Waals surface area contributed by atoms with Gasteiger partial charge in [-0.2, -0.15) is 0 Å². The van der Waals surface area contributed by atoms with E-state index in [1.807, 2.05) is 84.9 Å². The van der Waals surface area contributed by atoms with Crippen LogP contribution in [-0.4, -0.2) is 23.0 Å². The SMILES string of the molecule is O=C(N[C@H](Cc1ccccc1)C(=O)O)c1ccc2cc(OCc3ccccc3)ccc2c1. The van der Waals surface area contributed by atoms with Crippen LogP contribution in [0.15, 0.2) is 97.1 Å². The fraction of sp³-hybridized carbons (Fsp3) is 0.111. The number of rotatable bonds is 8. The van der Waals surface area contributed by atoms with E-state index in [0.29, 0.717) is 12.2 Å². The average molecular weight is 425 g/mol. The molecule has 0 spiro atoms. The maximum Gasteiger partial charge on any atom is 0.326 e. The quantitative estimate of drug-likeness (QED) is 0.423. The molecule has 4 aromatic rings. The number of aliphatic carboxylic acids is 1. The number of fused-ring (bicyclic) bond motifs is 1. The van der Waals surface area contributed by atoms with Gasteiger partial charge in [-0.1, -0.05) is 72.8 Å². The molecule has 160 valence electrons. The van der Waals surface area contributed by atoms with Gasteiger partial charge in [0.05, 0.1) is 0 Å². The first-order valence-electron chi connectivity index (χ1n) is 10.4. The lowest BCUT2D eigenvalue weighted by Crippen LogP contribution is -2.42. The fourth-order valence-electron chi connectivity index (χ4n) is 3.49. The number of carbonyl (C=O) groups is 2. The number of carboxylic acid groups (broad SMARTS) is 1. The summed E-state index contributed by atoms with van der Waals surface area (Å²) in [7, 11) is 0. The summed E-state index contributed by atoms with van der Waals surface area (Å²) in [4.78, 5) is 24.4. The Morgan fingerprint density at radius 3 is 2.09 bits per heavy atom. The van der Waals surface area contributed by atoms with E-state index < -0.39 is 17.9 Å². The zero-order valence-electron chi connectivity index (χ0n) is 17.4. The summed E-state index contributed by atoms with van der Waals surface area (Å²) in [5.74, 6) is -0.741. The highest BCUT2D eigenvalue weighted by molar-refractivity contribution is 6.00. The molecule has 0 radical (unpaired) electrons. The molecule has 0 heterocycles. The van der Waals surface area contributed by atoms with Crippen LogP contribution < -0.4 is 10.1 Å². The number of hydrogen-bond acceptors (Lipinski definition) is 3. The fourth-order valence-corrected chi connectivity index (χ4v) is 3.49. The van der Waals surface area contributed by atoms with Crippen molar-refractivity contribution in [1.29, 1.82) is 0 Å². The van der Waals surface area contributed by atoms with E-state index in [4.69, 9.17) is 4.74 Å². The number of hydrogen-bond donors (Lipinski definition) is 2. The average Bonchev–Trinajstić information content (AvgIpc) is 2.83. The predicted octanol–water partition coefficient (Wildman–Crippen LogP) is 4.84. The van der Waals surface area contributed by atoms with Gasteiger partial charge in [-0.25, -0.2) is 4.79 Å². The molecule has 0 bridgehead atoms. The number of carboxylic acids is 1. The summed E-state index contributed by atoms with van der Waals surface area (Å²) >= 11 is 0. The van der Waals surface area contributed by atoms with E-state index >= 15 is 0 Å². The Labute approximate surface area is 186 Å². The first kappa shape index (κ1) is 21.1. The highest BCUT2D eigenvalue weighted by Crippen LogP contribution is 2.23. The van der Waals surface area contributed by atoms with Crippen LogP contribution >= 0.6 is 0 Å². The summed E-state index contributed by atoms with van der Waals surface area (Å²) in [5.41, 5.74) is 2.35. The zero-order chi connectivity index (χ0) is 22.3. The number of carbonyl (C=O) groups excluding carboxylic acids is 1. The van der Waals surface area contributed by atoms with Crippen LogP contribution in [-0.2, 0) is 17.8 Å². The zero-order valence-corrected chi connectivity index (χ0v) is 17.4. The molecule has 2 N–H and O–H groups in total. The molecule has 1 amide bonds. The van der Waals surface area contributed by atoms with Gasteiger partial charge in [-0.15, -0.1) is 0 Å². The van der Waals surface area contributed by atoms with Crippen molar-refractivity contribution in [1.82, 2.24) is 5.32 Å². The first-order valence-corrected chi connectivity index (χ1v) is 10.4. The van der Waals surface area contributed by atoms with Gasteiger partial charge < -0.3 is 15.2 Å². The van der Waals surface area contributed by atoms with Gasteiger partial charge >= 0.3 is 5.97 Å². The standard InChI is InChI=1S/C27H23NO4/c29-26(28-25(27(30)31)15-19-7-3-1-4-8-19)23-12-11-22-17-24(14-13-21(22)16-23)32-18-20-9-5-2-6-10-20/h1-14,16-17,25H,15,18H2,(H,28,29)(H,30,31)/t25-/m1/s1. The van der Waals surface area contributed by atoms with Crippen LogP contribution in [0, 0.1) is 0 Å². The van der Waals surface area contributed by atoms with E-state index in [9.17, 15) is 14.7 Å². The van der Waals surface area contributed by atoms with Crippen molar-refractivity contribution in [2.24, 2.45) is 0 Å². The molecule has 0 aliphatic rings. The second kappa shape index (κ2) is 9.79. The molecule has 0 aromatic heterocycles. The lowest BCUT2D eigenvalue weighted by molar-refractivity contribution is -0.139. The van der Waals surface area contributed by atoms with Crippen LogP contribution in [0.5, 0.6) is 5.75 Å². The Balaban J connectivity index is 1.45. The van der Waals surface area contributed by atoms with Crippen LogP contribution in [0.2, 0.25) is 0 Å². The summed E-state index contributed by atoms with van der Waals surface area (Å²) in [6.07, 6.45) is 0.220. The molecule has 32 heavy (non-hydrogen) atoms. The second-order valence-corrected chi connectivity index (χ2v) is 7.55. The minimum Gasteiger partial charge on any atom is -0.489 e. The van der Waals surface area contributed by atoms with Crippen molar-refractivity contribution in [3.8, 4) is 5.75 Å². The summed E-state index contributed by atoms with van der Waals surface area (Å²) in [6, 6.07) is 29.1. The molecule has 0 aliphatic carbocycles. The van der Waals surface area contributed by atoms with Crippen molar-refractivity contribution in [3.63, 3.8) is 0 Å². The van der Waals surface area contributed by atoms with Gasteiger partial charge in [0, 0.05) is 12.0 Å². The minimum absolute atomic E-state index is 0.220. The Morgan fingerprint density at radius 2 is 1.41 bits per heavy atom. The smallest absolute Gasteiger partial charge is 0.326 e. The monoisotopic (exact) mass is 425 g/mol.